The molecule has 0 radical (unpaired) electrons. The number of amides is 1. The second kappa shape index (κ2) is 7.24. The van der Waals surface area contributed by atoms with E-state index in [1.165, 1.54) is 0 Å². The van der Waals surface area contributed by atoms with Crippen molar-refractivity contribution in [1.82, 2.24) is 14.5 Å². The number of aromatic nitrogens is 3. The summed E-state index contributed by atoms with van der Waals surface area (Å²) >= 11 is 1.67. The van der Waals surface area contributed by atoms with E-state index in [9.17, 15) is 4.79 Å². The summed E-state index contributed by atoms with van der Waals surface area (Å²) in [4.78, 5) is 20.6. The molecule has 3 N–H and O–H groups in total. The van der Waals surface area contributed by atoms with Gasteiger partial charge < -0.3 is 11.1 Å². The van der Waals surface area contributed by atoms with Gasteiger partial charge in [0.2, 0.25) is 5.91 Å². The molecule has 2 rings (SSSR count). The summed E-state index contributed by atoms with van der Waals surface area (Å²) in [5.41, 5.74) is 6.51. The number of anilines is 1. The Kier molecular flexibility index (Phi) is 5.35. The zero-order chi connectivity index (χ0) is 15.2. The first-order valence-corrected chi connectivity index (χ1v) is 8.03. The van der Waals surface area contributed by atoms with E-state index in [1.54, 1.807) is 42.5 Å². The van der Waals surface area contributed by atoms with Gasteiger partial charge in [-0.2, -0.15) is 11.8 Å². The molecule has 0 fully saturated rings. The minimum absolute atomic E-state index is 0.198. The summed E-state index contributed by atoms with van der Waals surface area (Å²) in [5, 5.41) is 2.85. The van der Waals surface area contributed by atoms with Gasteiger partial charge in [-0.1, -0.05) is 0 Å². The molecule has 0 bridgehead atoms. The quantitative estimate of drug-likeness (QED) is 0.846. The molecule has 0 aliphatic heterocycles. The molecular formula is C14H19N5OS. The van der Waals surface area contributed by atoms with Gasteiger partial charge in [-0.25, -0.2) is 9.97 Å². The number of hydrogen-bond acceptors (Lipinski definition) is 5. The van der Waals surface area contributed by atoms with E-state index < -0.39 is 6.04 Å². The summed E-state index contributed by atoms with van der Waals surface area (Å²) in [5.74, 6) is 2.10. The highest BCUT2D eigenvalue weighted by Gasteiger charge is 2.16. The number of nitrogens with one attached hydrogen (secondary N) is 1. The average molecular weight is 305 g/mol. The lowest BCUT2D eigenvalue weighted by Crippen LogP contribution is -2.36. The van der Waals surface area contributed by atoms with E-state index in [-0.39, 0.29) is 5.91 Å². The van der Waals surface area contributed by atoms with Gasteiger partial charge >= 0.3 is 0 Å². The molecule has 2 aromatic heterocycles. The van der Waals surface area contributed by atoms with E-state index in [2.05, 4.69) is 15.3 Å². The Labute approximate surface area is 128 Å². The SMILES string of the molecule is CSCC[C@H](N)C(=O)Nc1cccnc1-n1ccnc1C. The van der Waals surface area contributed by atoms with Crippen LogP contribution in [-0.2, 0) is 4.79 Å². The van der Waals surface area contributed by atoms with Gasteiger partial charge in [0.05, 0.1) is 11.7 Å². The first-order valence-electron chi connectivity index (χ1n) is 6.64. The summed E-state index contributed by atoms with van der Waals surface area (Å²) in [6.45, 7) is 1.88. The number of thioether (sulfide) groups is 1. The largest absolute Gasteiger partial charge is 0.322 e. The monoisotopic (exact) mass is 305 g/mol. The number of imidazole rings is 1. The van der Waals surface area contributed by atoms with Crippen LogP contribution in [0.3, 0.4) is 0 Å². The fourth-order valence-electron chi connectivity index (χ4n) is 1.89. The Morgan fingerprint density at radius 2 is 2.29 bits per heavy atom. The number of rotatable bonds is 6. The van der Waals surface area contributed by atoms with Crippen molar-refractivity contribution in [3.63, 3.8) is 0 Å². The van der Waals surface area contributed by atoms with Gasteiger partial charge in [0.1, 0.15) is 5.82 Å². The van der Waals surface area contributed by atoms with Crippen LogP contribution in [0.25, 0.3) is 5.82 Å². The second-order valence-corrected chi connectivity index (χ2v) is 5.58. The van der Waals surface area contributed by atoms with Crippen LogP contribution in [0.15, 0.2) is 30.7 Å². The smallest absolute Gasteiger partial charge is 0.241 e. The summed E-state index contributed by atoms with van der Waals surface area (Å²) in [6, 6.07) is 3.06. The van der Waals surface area contributed by atoms with Crippen LogP contribution in [0.1, 0.15) is 12.2 Å². The predicted octanol–water partition coefficient (Wildman–Crippen LogP) is 1.59. The lowest BCUT2D eigenvalue weighted by molar-refractivity contribution is -0.117. The zero-order valence-electron chi connectivity index (χ0n) is 12.1. The van der Waals surface area contributed by atoms with E-state index >= 15 is 0 Å². The Hall–Kier alpha value is -1.86. The van der Waals surface area contributed by atoms with E-state index in [1.807, 2.05) is 17.7 Å². The Morgan fingerprint density at radius 3 is 2.95 bits per heavy atom. The first-order chi connectivity index (χ1) is 10.1. The molecule has 0 aliphatic carbocycles. The molecule has 7 heteroatoms. The second-order valence-electron chi connectivity index (χ2n) is 4.60. The fraction of sp³-hybridized carbons (Fsp3) is 0.357. The third kappa shape index (κ3) is 3.83. The van der Waals surface area contributed by atoms with E-state index in [0.717, 1.165) is 11.6 Å². The molecular weight excluding hydrogens is 286 g/mol. The molecule has 0 aliphatic rings. The predicted molar refractivity (Wildman–Crippen MR) is 85.7 cm³/mol. The van der Waals surface area contributed by atoms with Crippen molar-refractivity contribution in [2.45, 2.75) is 19.4 Å². The van der Waals surface area contributed by atoms with Gasteiger partial charge in [0.25, 0.3) is 0 Å². The normalized spacial score (nSPS) is 12.1. The molecule has 6 nitrogen and oxygen atoms in total. The maximum absolute atomic E-state index is 12.1. The van der Waals surface area contributed by atoms with Crippen molar-refractivity contribution in [2.75, 3.05) is 17.3 Å². The summed E-state index contributed by atoms with van der Waals surface area (Å²) < 4.78 is 1.82. The maximum atomic E-state index is 12.1. The molecule has 1 atom stereocenters. The van der Waals surface area contributed by atoms with E-state index in [0.29, 0.717) is 17.9 Å². The minimum atomic E-state index is -0.519. The van der Waals surface area contributed by atoms with Crippen molar-refractivity contribution >= 4 is 23.4 Å². The van der Waals surface area contributed by atoms with Crippen molar-refractivity contribution in [1.29, 1.82) is 0 Å². The van der Waals surface area contributed by atoms with Crippen molar-refractivity contribution in [2.24, 2.45) is 5.73 Å². The topological polar surface area (TPSA) is 85.8 Å². The Morgan fingerprint density at radius 1 is 1.48 bits per heavy atom. The lowest BCUT2D eigenvalue weighted by atomic mass is 10.2. The molecule has 0 aromatic carbocycles. The van der Waals surface area contributed by atoms with Crippen LogP contribution in [0.5, 0.6) is 0 Å². The number of carbonyl (C=O) groups is 1. The van der Waals surface area contributed by atoms with Crippen molar-refractivity contribution in [3.8, 4) is 5.82 Å². The third-order valence-electron chi connectivity index (χ3n) is 3.07. The molecule has 112 valence electrons. The molecule has 2 aromatic rings. The highest BCUT2D eigenvalue weighted by Crippen LogP contribution is 2.18. The van der Waals surface area contributed by atoms with Crippen LogP contribution in [0.4, 0.5) is 5.69 Å². The fourth-order valence-corrected chi connectivity index (χ4v) is 2.38. The van der Waals surface area contributed by atoms with E-state index in [4.69, 9.17) is 5.73 Å². The summed E-state index contributed by atoms with van der Waals surface area (Å²) in [7, 11) is 0. The minimum Gasteiger partial charge on any atom is -0.322 e. The van der Waals surface area contributed by atoms with Gasteiger partial charge in [0, 0.05) is 18.6 Å². The number of carbonyl (C=O) groups excluding carboxylic acids is 1. The zero-order valence-corrected chi connectivity index (χ0v) is 12.9. The molecule has 2 heterocycles. The molecule has 21 heavy (non-hydrogen) atoms. The first kappa shape index (κ1) is 15.5. The Bertz CT molecular complexity index is 613. The van der Waals surface area contributed by atoms with Gasteiger partial charge in [-0.3, -0.25) is 9.36 Å². The number of nitrogens with two attached hydrogens (primary N) is 1. The number of aryl methyl sites for hydroxylation is 1. The standard InChI is InChI=1S/C14H19N5OS/c1-10-16-7-8-19(10)13-12(4-3-6-17-13)18-14(20)11(15)5-9-21-2/h3-4,6-8,11H,5,9,15H2,1-2H3,(H,18,20)/t11-/m0/s1. The van der Waals surface area contributed by atoms with Crippen LogP contribution in [-0.4, -0.2) is 38.5 Å². The van der Waals surface area contributed by atoms with Gasteiger partial charge in [-0.05, 0) is 37.5 Å². The molecule has 0 saturated carbocycles. The van der Waals surface area contributed by atoms with Crippen LogP contribution < -0.4 is 11.1 Å². The molecule has 0 saturated heterocycles. The highest BCUT2D eigenvalue weighted by molar-refractivity contribution is 7.98. The number of pyridine rings is 1. The lowest BCUT2D eigenvalue weighted by Gasteiger charge is -2.14. The van der Waals surface area contributed by atoms with Crippen LogP contribution in [0.2, 0.25) is 0 Å². The number of hydrogen-bond donors (Lipinski definition) is 2. The van der Waals surface area contributed by atoms with Crippen molar-refractivity contribution in [3.05, 3.63) is 36.5 Å². The summed E-state index contributed by atoms with van der Waals surface area (Å²) in [6.07, 6.45) is 7.82. The number of nitrogens with zero attached hydrogens (tertiary/aromatic N) is 3. The van der Waals surface area contributed by atoms with Crippen LogP contribution in [0, 0.1) is 6.92 Å². The molecule has 1 amide bonds. The maximum Gasteiger partial charge on any atom is 0.241 e. The average Bonchev–Trinajstić information content (AvgIpc) is 2.91. The highest BCUT2D eigenvalue weighted by atomic mass is 32.2. The van der Waals surface area contributed by atoms with Crippen molar-refractivity contribution < 1.29 is 4.79 Å². The Balaban J connectivity index is 2.18. The van der Waals surface area contributed by atoms with Gasteiger partial charge in [-0.15, -0.1) is 0 Å². The molecule has 0 unspecified atom stereocenters. The van der Waals surface area contributed by atoms with Gasteiger partial charge in [0.15, 0.2) is 5.82 Å². The third-order valence-corrected chi connectivity index (χ3v) is 3.71. The van der Waals surface area contributed by atoms with Crippen LogP contribution >= 0.6 is 11.8 Å². The molecule has 0 spiro atoms.